The predicted molar refractivity (Wildman–Crippen MR) is 93.7 cm³/mol. The molecule has 28 heavy (non-hydrogen) atoms. The summed E-state index contributed by atoms with van der Waals surface area (Å²) in [6, 6.07) is 9.46. The molecule has 3 rings (SSSR count). The van der Waals surface area contributed by atoms with E-state index in [0.717, 1.165) is 10.5 Å². The number of nitrogens with zero attached hydrogens (tertiary/aromatic N) is 3. The second-order valence-corrected chi connectivity index (χ2v) is 6.80. The smallest absolute Gasteiger partial charge is 0.394 e. The van der Waals surface area contributed by atoms with Gasteiger partial charge in [0.25, 0.3) is 5.91 Å². The Kier molecular flexibility index (Phi) is 5.44. The van der Waals surface area contributed by atoms with Crippen molar-refractivity contribution in [3.05, 3.63) is 53.3 Å². The van der Waals surface area contributed by atoms with Gasteiger partial charge in [-0.05, 0) is 12.0 Å². The van der Waals surface area contributed by atoms with Crippen LogP contribution >= 0.6 is 0 Å². The highest BCUT2D eigenvalue weighted by molar-refractivity contribution is 5.95. The number of rotatable bonds is 5. The van der Waals surface area contributed by atoms with Crippen LogP contribution in [0, 0.1) is 11.8 Å². The molecule has 9 heteroatoms. The van der Waals surface area contributed by atoms with Gasteiger partial charge in [0.05, 0.1) is 35.8 Å². The normalized spacial score (nSPS) is 19.8. The van der Waals surface area contributed by atoms with Gasteiger partial charge in [-0.15, -0.1) is 0 Å². The molecule has 1 aliphatic heterocycles. The van der Waals surface area contributed by atoms with Crippen molar-refractivity contribution in [1.29, 1.82) is 0 Å². The second-order valence-electron chi connectivity index (χ2n) is 6.80. The van der Waals surface area contributed by atoms with Crippen molar-refractivity contribution in [3.8, 4) is 0 Å². The Balaban J connectivity index is 1.84. The molecule has 1 aromatic carbocycles. The number of carboxylic acid groups (broad SMARTS) is 1. The van der Waals surface area contributed by atoms with Crippen LogP contribution in [0.3, 0.4) is 0 Å². The molecule has 0 saturated carbocycles. The van der Waals surface area contributed by atoms with Crippen molar-refractivity contribution in [1.82, 2.24) is 14.7 Å². The molecule has 1 saturated heterocycles. The number of alkyl halides is 3. The molecule has 0 bridgehead atoms. The summed E-state index contributed by atoms with van der Waals surface area (Å²) in [5.41, 5.74) is 1.80. The average molecular weight is 395 g/mol. The van der Waals surface area contributed by atoms with Gasteiger partial charge in [0.15, 0.2) is 0 Å². The molecule has 1 aliphatic rings. The van der Waals surface area contributed by atoms with Gasteiger partial charge < -0.3 is 10.0 Å². The summed E-state index contributed by atoms with van der Waals surface area (Å²) in [7, 11) is 0. The van der Waals surface area contributed by atoms with Gasteiger partial charge >= 0.3 is 12.1 Å². The molecule has 1 amide bonds. The fourth-order valence-corrected chi connectivity index (χ4v) is 3.58. The molecule has 1 N–H and O–H groups in total. The molecular formula is C19H20F3N3O3. The highest BCUT2D eigenvalue weighted by Crippen LogP contribution is 2.38. The second kappa shape index (κ2) is 7.65. The molecule has 2 aromatic rings. The Hall–Kier alpha value is -2.84. The quantitative estimate of drug-likeness (QED) is 0.845. The Labute approximate surface area is 159 Å². The van der Waals surface area contributed by atoms with E-state index in [1.807, 2.05) is 37.3 Å². The first-order valence-electron chi connectivity index (χ1n) is 8.89. The number of aromatic nitrogens is 2. The van der Waals surface area contributed by atoms with Crippen LogP contribution < -0.4 is 0 Å². The maximum absolute atomic E-state index is 13.2. The van der Waals surface area contributed by atoms with Crippen LogP contribution in [0.2, 0.25) is 0 Å². The molecule has 150 valence electrons. The lowest BCUT2D eigenvalue weighted by molar-refractivity contribution is -0.187. The number of carbonyl (C=O) groups is 2. The van der Waals surface area contributed by atoms with Crippen molar-refractivity contribution in [2.45, 2.75) is 26.1 Å². The molecular weight excluding hydrogens is 375 g/mol. The number of hydrogen-bond donors (Lipinski definition) is 1. The van der Waals surface area contributed by atoms with Crippen molar-refractivity contribution >= 4 is 11.9 Å². The zero-order valence-electron chi connectivity index (χ0n) is 15.2. The average Bonchev–Trinajstić information content (AvgIpc) is 3.26. The highest BCUT2D eigenvalue weighted by atomic mass is 19.4. The van der Waals surface area contributed by atoms with Crippen molar-refractivity contribution < 1.29 is 27.9 Å². The Morgan fingerprint density at radius 1 is 1.21 bits per heavy atom. The van der Waals surface area contributed by atoms with E-state index in [1.54, 1.807) is 4.68 Å². The van der Waals surface area contributed by atoms with Crippen LogP contribution in [-0.4, -0.2) is 50.9 Å². The van der Waals surface area contributed by atoms with Crippen LogP contribution in [-0.2, 0) is 17.8 Å². The number of aliphatic carboxylic acids is 1. The van der Waals surface area contributed by atoms with Gasteiger partial charge in [-0.25, -0.2) is 0 Å². The summed E-state index contributed by atoms with van der Waals surface area (Å²) >= 11 is 0. The molecule has 1 fully saturated rings. The monoisotopic (exact) mass is 395 g/mol. The summed E-state index contributed by atoms with van der Waals surface area (Å²) in [5.74, 6) is -5.89. The van der Waals surface area contributed by atoms with Gasteiger partial charge in [0, 0.05) is 13.1 Å². The lowest BCUT2D eigenvalue weighted by Crippen LogP contribution is -2.34. The van der Waals surface area contributed by atoms with E-state index in [9.17, 15) is 22.8 Å². The van der Waals surface area contributed by atoms with Crippen LogP contribution in [0.15, 0.2) is 36.5 Å². The third-order valence-electron chi connectivity index (χ3n) is 5.03. The molecule has 0 radical (unpaired) electrons. The minimum atomic E-state index is -4.68. The zero-order valence-corrected chi connectivity index (χ0v) is 15.2. The van der Waals surface area contributed by atoms with E-state index in [2.05, 4.69) is 5.10 Å². The summed E-state index contributed by atoms with van der Waals surface area (Å²) < 4.78 is 41.2. The van der Waals surface area contributed by atoms with E-state index in [-0.39, 0.29) is 5.56 Å². The number of likely N-dealkylation sites (tertiary alicyclic amines) is 1. The summed E-state index contributed by atoms with van der Waals surface area (Å²) in [6.07, 6.45) is -2.86. The van der Waals surface area contributed by atoms with Crippen molar-refractivity contribution in [2.24, 2.45) is 11.8 Å². The maximum atomic E-state index is 13.2. The molecule has 0 aliphatic carbocycles. The van der Waals surface area contributed by atoms with Gasteiger partial charge in [-0.1, -0.05) is 37.3 Å². The van der Waals surface area contributed by atoms with E-state index in [1.165, 1.54) is 6.20 Å². The molecule has 2 heterocycles. The first kappa shape index (κ1) is 19.9. The Bertz CT molecular complexity index is 864. The fourth-order valence-electron chi connectivity index (χ4n) is 3.58. The summed E-state index contributed by atoms with van der Waals surface area (Å²) in [6.45, 7) is 1.13. The first-order chi connectivity index (χ1) is 13.2. The van der Waals surface area contributed by atoms with E-state index in [4.69, 9.17) is 5.11 Å². The number of carbonyl (C=O) groups excluding carboxylic acids is 1. The fraction of sp³-hybridized carbons (Fsp3) is 0.421. The van der Waals surface area contributed by atoms with Crippen LogP contribution in [0.4, 0.5) is 13.2 Å². The van der Waals surface area contributed by atoms with Crippen LogP contribution in [0.25, 0.3) is 0 Å². The minimum absolute atomic E-state index is 0.213. The minimum Gasteiger partial charge on any atom is -0.481 e. The third-order valence-corrected chi connectivity index (χ3v) is 5.03. The van der Waals surface area contributed by atoms with Gasteiger partial charge in [-0.3, -0.25) is 14.3 Å². The largest absolute Gasteiger partial charge is 0.481 e. The van der Waals surface area contributed by atoms with E-state index < -0.39 is 43.0 Å². The Morgan fingerprint density at radius 3 is 2.43 bits per heavy atom. The van der Waals surface area contributed by atoms with E-state index in [0.29, 0.717) is 18.7 Å². The maximum Gasteiger partial charge on any atom is 0.394 e. The summed E-state index contributed by atoms with van der Waals surface area (Å²) in [5, 5.41) is 13.4. The molecule has 6 nitrogen and oxygen atoms in total. The van der Waals surface area contributed by atoms with Crippen LogP contribution in [0.1, 0.15) is 28.5 Å². The lowest BCUT2D eigenvalue weighted by Gasteiger charge is -2.18. The van der Waals surface area contributed by atoms with Gasteiger partial charge in [0.2, 0.25) is 0 Å². The van der Waals surface area contributed by atoms with Gasteiger partial charge in [0.1, 0.15) is 0 Å². The number of halogens is 3. The zero-order chi connectivity index (χ0) is 20.5. The molecule has 0 unspecified atom stereocenters. The Morgan fingerprint density at radius 2 is 1.89 bits per heavy atom. The molecule has 1 aromatic heterocycles. The van der Waals surface area contributed by atoms with Crippen molar-refractivity contribution in [3.63, 3.8) is 0 Å². The number of hydrogen-bond acceptors (Lipinski definition) is 3. The third kappa shape index (κ3) is 3.88. The lowest BCUT2D eigenvalue weighted by atomic mass is 9.96. The topological polar surface area (TPSA) is 75.4 Å². The summed E-state index contributed by atoms with van der Waals surface area (Å²) in [4.78, 5) is 25.1. The molecule has 0 spiro atoms. The molecule has 2 atom stereocenters. The number of carboxylic acids is 1. The van der Waals surface area contributed by atoms with E-state index >= 15 is 0 Å². The SMILES string of the molecule is CCc1c(C(=O)N2C[C@@H](C(F)(F)F)[C@H](C(=O)O)C2)cnn1Cc1ccccc1. The number of amides is 1. The standard InChI is InChI=1S/C19H20F3N3O3/c1-2-16-13(8-23-25(16)9-12-6-4-3-5-7-12)17(26)24-10-14(18(27)28)15(11-24)19(20,21)22/h3-8,14-15H,2,9-11H2,1H3,(H,27,28)/t14-,15-/m1/s1. The van der Waals surface area contributed by atoms with Crippen molar-refractivity contribution in [2.75, 3.05) is 13.1 Å². The number of benzene rings is 1. The predicted octanol–water partition coefficient (Wildman–Crippen LogP) is 2.83. The first-order valence-corrected chi connectivity index (χ1v) is 8.89. The van der Waals surface area contributed by atoms with Gasteiger partial charge in [-0.2, -0.15) is 18.3 Å². The van der Waals surface area contributed by atoms with Crippen LogP contribution in [0.5, 0.6) is 0 Å². The highest BCUT2D eigenvalue weighted by Gasteiger charge is 2.53.